The molecular formula is C14H15NO5. The fourth-order valence-electron chi connectivity index (χ4n) is 1.96. The van der Waals surface area contributed by atoms with Gasteiger partial charge in [-0.2, -0.15) is 0 Å². The molecule has 0 aliphatic heterocycles. The topological polar surface area (TPSA) is 88.8 Å². The minimum atomic E-state index is -1.14. The highest BCUT2D eigenvalue weighted by Crippen LogP contribution is 2.25. The highest BCUT2D eigenvalue weighted by atomic mass is 16.5. The summed E-state index contributed by atoms with van der Waals surface area (Å²) in [5.41, 5.74) is 1.02. The van der Waals surface area contributed by atoms with E-state index in [0.29, 0.717) is 11.1 Å². The lowest BCUT2D eigenvalue weighted by Crippen LogP contribution is -2.34. The number of para-hydroxylation sites is 1. The van der Waals surface area contributed by atoms with Crippen LogP contribution in [-0.4, -0.2) is 30.2 Å². The molecule has 6 heteroatoms. The number of esters is 1. The second-order valence-corrected chi connectivity index (χ2v) is 4.34. The Bertz CT molecular complexity index is 646. The first kappa shape index (κ1) is 14.1. The number of carboxylic acid groups (broad SMARTS) is 1. The van der Waals surface area contributed by atoms with Gasteiger partial charge in [-0.1, -0.05) is 18.2 Å². The molecule has 1 atom stereocenters. The second-order valence-electron chi connectivity index (χ2n) is 4.34. The molecule has 0 amide bonds. The Balaban J connectivity index is 2.30. The number of hydrogen-bond donors (Lipinski definition) is 2. The molecule has 20 heavy (non-hydrogen) atoms. The molecule has 0 saturated heterocycles. The van der Waals surface area contributed by atoms with E-state index in [4.69, 9.17) is 4.42 Å². The van der Waals surface area contributed by atoms with E-state index in [9.17, 15) is 14.7 Å². The molecule has 2 N–H and O–H groups in total. The lowest BCUT2D eigenvalue weighted by Gasteiger charge is -2.10. The smallest absolute Gasteiger partial charge is 0.372 e. The van der Waals surface area contributed by atoms with Crippen LogP contribution in [0.15, 0.2) is 28.7 Å². The third-order valence-electron chi connectivity index (χ3n) is 3.03. The number of ether oxygens (including phenoxy) is 1. The van der Waals surface area contributed by atoms with Crippen molar-refractivity contribution in [2.45, 2.75) is 19.5 Å². The monoisotopic (exact) mass is 277 g/mol. The number of aromatic carboxylic acids is 1. The summed E-state index contributed by atoms with van der Waals surface area (Å²) in [6.07, 6.45) is 0. The van der Waals surface area contributed by atoms with E-state index < -0.39 is 18.0 Å². The zero-order valence-electron chi connectivity index (χ0n) is 11.2. The molecule has 0 spiro atoms. The molecule has 1 aromatic heterocycles. The lowest BCUT2D eigenvalue weighted by atomic mass is 10.1. The van der Waals surface area contributed by atoms with Gasteiger partial charge >= 0.3 is 11.9 Å². The van der Waals surface area contributed by atoms with E-state index in [2.05, 4.69) is 10.1 Å². The Kier molecular flexibility index (Phi) is 4.05. The third-order valence-corrected chi connectivity index (χ3v) is 3.03. The molecule has 1 unspecified atom stereocenters. The van der Waals surface area contributed by atoms with Crippen molar-refractivity contribution < 1.29 is 23.8 Å². The summed E-state index contributed by atoms with van der Waals surface area (Å²) in [6.45, 7) is 1.85. The Morgan fingerprint density at radius 2 is 2.10 bits per heavy atom. The fourth-order valence-corrected chi connectivity index (χ4v) is 1.96. The van der Waals surface area contributed by atoms with Gasteiger partial charge in [-0.05, 0) is 13.0 Å². The minimum absolute atomic E-state index is 0.115. The molecule has 0 aliphatic carbocycles. The molecular weight excluding hydrogens is 262 g/mol. The van der Waals surface area contributed by atoms with E-state index in [1.807, 2.05) is 0 Å². The van der Waals surface area contributed by atoms with Crippen LogP contribution in [0.2, 0.25) is 0 Å². The summed E-state index contributed by atoms with van der Waals surface area (Å²) < 4.78 is 9.93. The van der Waals surface area contributed by atoms with Crippen LogP contribution in [0.1, 0.15) is 23.0 Å². The second kappa shape index (κ2) is 5.75. The van der Waals surface area contributed by atoms with Crippen molar-refractivity contribution in [2.75, 3.05) is 7.11 Å². The van der Waals surface area contributed by atoms with Crippen molar-refractivity contribution in [3.05, 3.63) is 35.6 Å². The summed E-state index contributed by atoms with van der Waals surface area (Å²) in [5.74, 6) is -1.66. The van der Waals surface area contributed by atoms with Crippen LogP contribution in [0.3, 0.4) is 0 Å². The van der Waals surface area contributed by atoms with Gasteiger partial charge < -0.3 is 19.6 Å². The molecule has 2 aromatic rings. The maximum Gasteiger partial charge on any atom is 0.372 e. The molecule has 2 rings (SSSR count). The zero-order chi connectivity index (χ0) is 14.7. The summed E-state index contributed by atoms with van der Waals surface area (Å²) in [5, 5.41) is 12.8. The van der Waals surface area contributed by atoms with E-state index in [1.54, 1.807) is 31.2 Å². The number of carbonyl (C=O) groups excluding carboxylic acids is 1. The standard InChI is InChI=1S/C14H15NO5/c1-8(14(18)19-2)15-7-10-9-5-3-4-6-11(9)20-12(10)13(16)17/h3-6,8,15H,7H2,1-2H3,(H,16,17). The first-order valence-corrected chi connectivity index (χ1v) is 6.09. The number of furan rings is 1. The van der Waals surface area contributed by atoms with Crippen molar-refractivity contribution in [3.8, 4) is 0 Å². The predicted octanol–water partition coefficient (Wildman–Crippen LogP) is 1.78. The summed E-state index contributed by atoms with van der Waals surface area (Å²) in [7, 11) is 1.30. The third kappa shape index (κ3) is 2.65. The highest BCUT2D eigenvalue weighted by molar-refractivity contribution is 5.95. The van der Waals surface area contributed by atoms with Crippen LogP contribution < -0.4 is 5.32 Å². The summed E-state index contributed by atoms with van der Waals surface area (Å²) in [6, 6.07) is 6.53. The number of rotatable bonds is 5. The van der Waals surface area contributed by atoms with Crippen LogP contribution in [0.4, 0.5) is 0 Å². The SMILES string of the molecule is COC(=O)C(C)NCc1c(C(=O)O)oc2ccccc12. The number of nitrogens with one attached hydrogen (secondary N) is 1. The van der Waals surface area contributed by atoms with Gasteiger partial charge in [0.15, 0.2) is 0 Å². The molecule has 0 saturated carbocycles. The Labute approximate surface area is 115 Å². The fraction of sp³-hybridized carbons (Fsp3) is 0.286. The molecule has 0 aliphatic rings. The van der Waals surface area contributed by atoms with Gasteiger partial charge in [-0.3, -0.25) is 4.79 Å². The quantitative estimate of drug-likeness (QED) is 0.810. The number of methoxy groups -OCH3 is 1. The maximum atomic E-state index is 11.3. The Morgan fingerprint density at radius 3 is 2.75 bits per heavy atom. The first-order valence-electron chi connectivity index (χ1n) is 6.09. The largest absolute Gasteiger partial charge is 0.475 e. The van der Waals surface area contributed by atoms with Crippen LogP contribution in [0.25, 0.3) is 11.0 Å². The Morgan fingerprint density at radius 1 is 1.40 bits per heavy atom. The number of carboxylic acids is 1. The van der Waals surface area contributed by atoms with Gasteiger partial charge in [0, 0.05) is 17.5 Å². The van der Waals surface area contributed by atoms with Gasteiger partial charge in [0.2, 0.25) is 5.76 Å². The van der Waals surface area contributed by atoms with Gasteiger partial charge in [-0.25, -0.2) is 4.79 Å². The number of carbonyl (C=O) groups is 2. The molecule has 1 heterocycles. The van der Waals surface area contributed by atoms with Crippen LogP contribution in [-0.2, 0) is 16.1 Å². The number of benzene rings is 1. The van der Waals surface area contributed by atoms with E-state index in [-0.39, 0.29) is 12.3 Å². The molecule has 106 valence electrons. The van der Waals surface area contributed by atoms with Crippen LogP contribution in [0, 0.1) is 0 Å². The van der Waals surface area contributed by atoms with Gasteiger partial charge in [0.25, 0.3) is 0 Å². The Hall–Kier alpha value is -2.34. The summed E-state index contributed by atoms with van der Waals surface area (Å²) in [4.78, 5) is 22.5. The van der Waals surface area contributed by atoms with Crippen molar-refractivity contribution >= 4 is 22.9 Å². The molecule has 1 aromatic carbocycles. The lowest BCUT2D eigenvalue weighted by molar-refractivity contribution is -0.142. The number of hydrogen-bond acceptors (Lipinski definition) is 5. The maximum absolute atomic E-state index is 11.3. The average molecular weight is 277 g/mol. The van der Waals surface area contributed by atoms with E-state index in [1.165, 1.54) is 7.11 Å². The minimum Gasteiger partial charge on any atom is -0.475 e. The molecule has 0 radical (unpaired) electrons. The van der Waals surface area contributed by atoms with E-state index in [0.717, 1.165) is 5.39 Å². The normalized spacial score (nSPS) is 12.3. The highest BCUT2D eigenvalue weighted by Gasteiger charge is 2.21. The van der Waals surface area contributed by atoms with Gasteiger partial charge in [0.1, 0.15) is 11.6 Å². The zero-order valence-corrected chi connectivity index (χ0v) is 11.2. The van der Waals surface area contributed by atoms with Crippen molar-refractivity contribution in [2.24, 2.45) is 0 Å². The van der Waals surface area contributed by atoms with Crippen LogP contribution in [0.5, 0.6) is 0 Å². The van der Waals surface area contributed by atoms with Gasteiger partial charge in [0.05, 0.1) is 7.11 Å². The van der Waals surface area contributed by atoms with Crippen molar-refractivity contribution in [1.82, 2.24) is 5.32 Å². The van der Waals surface area contributed by atoms with E-state index >= 15 is 0 Å². The average Bonchev–Trinajstić information content (AvgIpc) is 2.82. The number of fused-ring (bicyclic) bond motifs is 1. The van der Waals surface area contributed by atoms with Crippen molar-refractivity contribution in [3.63, 3.8) is 0 Å². The van der Waals surface area contributed by atoms with Crippen molar-refractivity contribution in [1.29, 1.82) is 0 Å². The van der Waals surface area contributed by atoms with Gasteiger partial charge in [-0.15, -0.1) is 0 Å². The molecule has 6 nitrogen and oxygen atoms in total. The van der Waals surface area contributed by atoms with Crippen LogP contribution >= 0.6 is 0 Å². The summed E-state index contributed by atoms with van der Waals surface area (Å²) >= 11 is 0. The first-order chi connectivity index (χ1) is 9.54. The molecule has 0 fully saturated rings. The molecule has 0 bridgehead atoms. The predicted molar refractivity (Wildman–Crippen MR) is 71.5 cm³/mol.